The number of aromatic amines is 1. The predicted octanol–water partition coefficient (Wildman–Crippen LogP) is 1.60. The fourth-order valence-electron chi connectivity index (χ4n) is 0.899. The second kappa shape index (κ2) is 4.25. The van der Waals surface area contributed by atoms with Crippen LogP contribution in [-0.2, 0) is 6.54 Å². The summed E-state index contributed by atoms with van der Waals surface area (Å²) in [7, 11) is 0. The molecule has 72 valence electrons. The topological polar surface area (TPSA) is 66.5 Å². The number of H-pyrrole nitrogens is 1. The Balaban J connectivity index is 1.98. The molecular weight excluding hydrogens is 218 g/mol. The minimum absolute atomic E-state index is 0.601. The van der Waals surface area contributed by atoms with E-state index in [0.717, 1.165) is 10.8 Å². The maximum absolute atomic E-state index is 4.90. The van der Waals surface area contributed by atoms with E-state index in [0.29, 0.717) is 10.5 Å². The van der Waals surface area contributed by atoms with Gasteiger partial charge in [-0.2, -0.15) is 10.2 Å². The van der Waals surface area contributed by atoms with Gasteiger partial charge in [0.05, 0.1) is 12.2 Å². The van der Waals surface area contributed by atoms with Crippen LogP contribution in [0.25, 0.3) is 0 Å². The molecule has 0 saturated heterocycles. The molecule has 0 aliphatic rings. The number of hydrogen-bond acceptors (Lipinski definition) is 6. The van der Waals surface area contributed by atoms with Gasteiger partial charge in [0, 0.05) is 6.20 Å². The molecule has 2 aromatic heterocycles. The first-order valence-electron chi connectivity index (χ1n) is 3.90. The Morgan fingerprint density at radius 3 is 3.14 bits per heavy atom. The normalized spacial score (nSPS) is 10.0. The van der Waals surface area contributed by atoms with Gasteiger partial charge in [-0.25, -0.2) is 0 Å². The summed E-state index contributed by atoms with van der Waals surface area (Å²) in [5.41, 5.74) is 0.869. The molecule has 0 radical (unpaired) electrons. The average molecular weight is 225 g/mol. The van der Waals surface area contributed by atoms with Gasteiger partial charge in [0.1, 0.15) is 0 Å². The Kier molecular flexibility index (Phi) is 2.80. The lowest BCUT2D eigenvalue weighted by Crippen LogP contribution is -2.01. The zero-order chi connectivity index (χ0) is 9.80. The summed E-state index contributed by atoms with van der Waals surface area (Å²) in [4.78, 5) is 0. The third kappa shape index (κ3) is 2.33. The van der Waals surface area contributed by atoms with Gasteiger partial charge in [0.25, 0.3) is 0 Å². The molecule has 0 aromatic carbocycles. The van der Waals surface area contributed by atoms with Gasteiger partial charge < -0.3 is 5.32 Å². The van der Waals surface area contributed by atoms with Gasteiger partial charge in [-0.3, -0.25) is 5.10 Å². The molecule has 2 aromatic rings. The molecule has 0 bridgehead atoms. The van der Waals surface area contributed by atoms with E-state index < -0.39 is 0 Å². The van der Waals surface area contributed by atoms with Crippen molar-refractivity contribution in [2.45, 2.75) is 6.54 Å². The SMILES string of the molecule is S=c1[nH]nc(NCc2cccnn2)s1. The van der Waals surface area contributed by atoms with Crippen molar-refractivity contribution in [2.24, 2.45) is 0 Å². The molecule has 0 saturated carbocycles. The number of aromatic nitrogens is 4. The van der Waals surface area contributed by atoms with Crippen LogP contribution in [0.4, 0.5) is 5.13 Å². The van der Waals surface area contributed by atoms with E-state index in [9.17, 15) is 0 Å². The van der Waals surface area contributed by atoms with Crippen molar-refractivity contribution in [3.05, 3.63) is 28.0 Å². The summed E-state index contributed by atoms with van der Waals surface area (Å²) < 4.78 is 0.659. The van der Waals surface area contributed by atoms with Gasteiger partial charge in [0.2, 0.25) is 5.13 Å². The molecule has 0 atom stereocenters. The number of hydrogen-bond donors (Lipinski definition) is 2. The molecule has 7 heteroatoms. The predicted molar refractivity (Wildman–Crippen MR) is 56.7 cm³/mol. The second-order valence-corrected chi connectivity index (χ2v) is 4.15. The Labute approximate surface area is 89.2 Å². The zero-order valence-electron chi connectivity index (χ0n) is 7.10. The highest BCUT2D eigenvalue weighted by atomic mass is 32.1. The Morgan fingerprint density at radius 2 is 2.50 bits per heavy atom. The van der Waals surface area contributed by atoms with Crippen LogP contribution in [0.3, 0.4) is 0 Å². The Hall–Kier alpha value is -1.34. The van der Waals surface area contributed by atoms with Gasteiger partial charge in [-0.15, -0.1) is 5.10 Å². The first-order valence-corrected chi connectivity index (χ1v) is 5.13. The summed E-state index contributed by atoms with van der Waals surface area (Å²) in [6.07, 6.45) is 1.64. The summed E-state index contributed by atoms with van der Waals surface area (Å²) in [6, 6.07) is 3.74. The minimum atomic E-state index is 0.601. The van der Waals surface area contributed by atoms with Crippen LogP contribution in [0, 0.1) is 3.95 Å². The third-order valence-corrected chi connectivity index (χ3v) is 2.53. The molecule has 0 spiro atoms. The number of nitrogens with zero attached hydrogens (tertiary/aromatic N) is 3. The van der Waals surface area contributed by atoms with E-state index in [-0.39, 0.29) is 0 Å². The lowest BCUT2D eigenvalue weighted by atomic mass is 10.4. The quantitative estimate of drug-likeness (QED) is 0.777. The molecule has 2 rings (SSSR count). The van der Waals surface area contributed by atoms with Crippen LogP contribution < -0.4 is 5.32 Å². The van der Waals surface area contributed by atoms with E-state index in [1.165, 1.54) is 11.3 Å². The highest BCUT2D eigenvalue weighted by molar-refractivity contribution is 7.73. The maximum Gasteiger partial charge on any atom is 0.204 e. The van der Waals surface area contributed by atoms with Crippen molar-refractivity contribution in [1.82, 2.24) is 20.4 Å². The largest absolute Gasteiger partial charge is 0.354 e. The summed E-state index contributed by atoms with van der Waals surface area (Å²) in [5, 5.41) is 18.2. The smallest absolute Gasteiger partial charge is 0.204 e. The first kappa shape index (κ1) is 9.22. The van der Waals surface area contributed by atoms with Crippen LogP contribution in [0.5, 0.6) is 0 Å². The molecule has 2 heterocycles. The fourth-order valence-corrected chi connectivity index (χ4v) is 1.68. The Bertz CT molecular complexity index is 448. The van der Waals surface area contributed by atoms with Crippen LogP contribution >= 0.6 is 23.6 Å². The van der Waals surface area contributed by atoms with E-state index in [1.54, 1.807) is 6.20 Å². The number of nitrogens with one attached hydrogen (secondary N) is 2. The number of rotatable bonds is 3. The maximum atomic E-state index is 4.90. The van der Waals surface area contributed by atoms with Crippen molar-refractivity contribution in [3.63, 3.8) is 0 Å². The van der Waals surface area contributed by atoms with Gasteiger partial charge in [-0.05, 0) is 24.4 Å². The zero-order valence-corrected chi connectivity index (χ0v) is 8.73. The van der Waals surface area contributed by atoms with E-state index >= 15 is 0 Å². The summed E-state index contributed by atoms with van der Waals surface area (Å²) in [6.45, 7) is 0.601. The summed E-state index contributed by atoms with van der Waals surface area (Å²) in [5.74, 6) is 0. The van der Waals surface area contributed by atoms with Crippen molar-refractivity contribution in [1.29, 1.82) is 0 Å². The fraction of sp³-hybridized carbons (Fsp3) is 0.143. The molecule has 0 aliphatic carbocycles. The number of anilines is 1. The van der Waals surface area contributed by atoms with E-state index in [1.807, 2.05) is 12.1 Å². The van der Waals surface area contributed by atoms with Crippen LogP contribution in [0.2, 0.25) is 0 Å². The van der Waals surface area contributed by atoms with Crippen molar-refractivity contribution in [2.75, 3.05) is 5.32 Å². The van der Waals surface area contributed by atoms with Crippen LogP contribution in [0.1, 0.15) is 5.69 Å². The monoisotopic (exact) mass is 225 g/mol. The molecule has 14 heavy (non-hydrogen) atoms. The second-order valence-electron chi connectivity index (χ2n) is 2.49. The lowest BCUT2D eigenvalue weighted by Gasteiger charge is -1.98. The molecule has 0 fully saturated rings. The van der Waals surface area contributed by atoms with Gasteiger partial charge >= 0.3 is 0 Å². The third-order valence-electron chi connectivity index (χ3n) is 1.49. The first-order chi connectivity index (χ1) is 6.84. The lowest BCUT2D eigenvalue weighted by molar-refractivity contribution is 0.919. The molecule has 5 nitrogen and oxygen atoms in total. The molecule has 0 aliphatic heterocycles. The van der Waals surface area contributed by atoms with Crippen molar-refractivity contribution >= 4 is 28.7 Å². The van der Waals surface area contributed by atoms with E-state index in [2.05, 4.69) is 25.7 Å². The molecule has 0 amide bonds. The van der Waals surface area contributed by atoms with Gasteiger partial charge in [-0.1, -0.05) is 11.3 Å². The van der Waals surface area contributed by atoms with E-state index in [4.69, 9.17) is 12.2 Å². The van der Waals surface area contributed by atoms with Crippen molar-refractivity contribution < 1.29 is 0 Å². The summed E-state index contributed by atoms with van der Waals surface area (Å²) >= 11 is 6.29. The Morgan fingerprint density at radius 1 is 1.57 bits per heavy atom. The highest BCUT2D eigenvalue weighted by Gasteiger charge is 1.97. The van der Waals surface area contributed by atoms with Gasteiger partial charge in [0.15, 0.2) is 3.95 Å². The molecular formula is C7H7N5S2. The van der Waals surface area contributed by atoms with Crippen molar-refractivity contribution in [3.8, 4) is 0 Å². The standard InChI is InChI=1S/C7H7N5S2/c13-7-12-11-6(14-7)8-4-5-2-1-3-9-10-5/h1-3H,4H2,(H,8,11)(H,12,13). The molecule has 2 N–H and O–H groups in total. The average Bonchev–Trinajstić information content (AvgIpc) is 2.63. The molecule has 0 unspecified atom stereocenters. The van der Waals surface area contributed by atoms with Crippen LogP contribution in [0.15, 0.2) is 18.3 Å². The minimum Gasteiger partial charge on any atom is -0.354 e. The highest BCUT2D eigenvalue weighted by Crippen LogP contribution is 2.11. The van der Waals surface area contributed by atoms with Crippen LogP contribution in [-0.4, -0.2) is 20.4 Å².